The fourth-order valence-electron chi connectivity index (χ4n) is 2.91. The largest absolute Gasteiger partial charge is 0.478 e. The molecule has 2 N–H and O–H groups in total. The first-order chi connectivity index (χ1) is 14.1. The van der Waals surface area contributed by atoms with Crippen molar-refractivity contribution in [2.45, 2.75) is 6.54 Å². The summed E-state index contributed by atoms with van der Waals surface area (Å²) < 4.78 is 1.80. The van der Waals surface area contributed by atoms with Gasteiger partial charge in [-0.25, -0.2) is 9.48 Å². The molecule has 2 aromatic heterocycles. The van der Waals surface area contributed by atoms with E-state index < -0.39 is 5.97 Å². The number of carbonyl (C=O) groups is 2. The van der Waals surface area contributed by atoms with Crippen LogP contribution in [0.2, 0.25) is 0 Å². The fourth-order valence-corrected chi connectivity index (χ4v) is 3.66. The molecule has 0 aliphatic carbocycles. The monoisotopic (exact) mass is 403 g/mol. The molecule has 0 spiro atoms. The number of thiophene rings is 1. The summed E-state index contributed by atoms with van der Waals surface area (Å²) in [5.41, 5.74) is 3.21. The van der Waals surface area contributed by atoms with Gasteiger partial charge in [0.25, 0.3) is 5.91 Å². The van der Waals surface area contributed by atoms with Gasteiger partial charge in [-0.1, -0.05) is 24.3 Å². The van der Waals surface area contributed by atoms with E-state index in [9.17, 15) is 9.59 Å². The molecule has 0 unspecified atom stereocenters. The van der Waals surface area contributed by atoms with Crippen molar-refractivity contribution < 1.29 is 14.7 Å². The number of nitrogens with zero attached hydrogens (tertiary/aromatic N) is 2. The molecule has 29 heavy (non-hydrogen) atoms. The first kappa shape index (κ1) is 18.6. The van der Waals surface area contributed by atoms with Gasteiger partial charge in [-0.05, 0) is 47.8 Å². The summed E-state index contributed by atoms with van der Waals surface area (Å²) in [6.45, 7) is 0.305. The van der Waals surface area contributed by atoms with Gasteiger partial charge in [0.15, 0.2) is 0 Å². The van der Waals surface area contributed by atoms with Crippen molar-refractivity contribution in [3.63, 3.8) is 0 Å². The summed E-state index contributed by atoms with van der Waals surface area (Å²) in [7, 11) is 0. The van der Waals surface area contributed by atoms with Crippen molar-refractivity contribution in [1.29, 1.82) is 0 Å². The molecular formula is C22H17N3O3S. The molecule has 4 aromatic rings. The second-order valence-corrected chi connectivity index (χ2v) is 7.27. The van der Waals surface area contributed by atoms with Gasteiger partial charge in [-0.15, -0.1) is 11.3 Å². The van der Waals surface area contributed by atoms with Crippen molar-refractivity contribution in [3.05, 3.63) is 95.0 Å². The molecule has 7 heteroatoms. The number of benzene rings is 2. The highest BCUT2D eigenvalue weighted by molar-refractivity contribution is 7.13. The molecular weight excluding hydrogens is 386 g/mol. The Morgan fingerprint density at radius 2 is 1.69 bits per heavy atom. The van der Waals surface area contributed by atoms with E-state index in [4.69, 9.17) is 10.2 Å². The van der Waals surface area contributed by atoms with E-state index in [1.54, 1.807) is 16.0 Å². The normalized spacial score (nSPS) is 10.6. The third kappa shape index (κ3) is 4.09. The van der Waals surface area contributed by atoms with Gasteiger partial charge < -0.3 is 10.4 Å². The zero-order valence-corrected chi connectivity index (χ0v) is 16.1. The molecule has 0 radical (unpaired) electrons. The van der Waals surface area contributed by atoms with Crippen LogP contribution >= 0.6 is 11.3 Å². The Morgan fingerprint density at radius 3 is 2.34 bits per heavy atom. The summed E-state index contributed by atoms with van der Waals surface area (Å²) in [5.74, 6) is -1.29. The topological polar surface area (TPSA) is 84.2 Å². The van der Waals surface area contributed by atoms with Crippen LogP contribution in [0.5, 0.6) is 0 Å². The lowest BCUT2D eigenvalue weighted by Gasteiger charge is -2.05. The van der Waals surface area contributed by atoms with E-state index in [1.807, 2.05) is 54.0 Å². The average molecular weight is 403 g/mol. The number of nitrogens with one attached hydrogen (secondary N) is 1. The molecule has 1 amide bonds. The predicted molar refractivity (Wildman–Crippen MR) is 111 cm³/mol. The van der Waals surface area contributed by atoms with Crippen LogP contribution in [0, 0.1) is 0 Å². The SMILES string of the molecule is O=C(O)c1ccc(C(=O)NCc2cn(-c3ccccc3)nc2-c2cccs2)cc1. The third-order valence-electron chi connectivity index (χ3n) is 4.40. The maximum absolute atomic E-state index is 12.5. The minimum absolute atomic E-state index is 0.144. The number of carboxylic acids is 1. The van der Waals surface area contributed by atoms with E-state index in [-0.39, 0.29) is 11.5 Å². The number of hydrogen-bond donors (Lipinski definition) is 2. The zero-order chi connectivity index (χ0) is 20.2. The lowest BCUT2D eigenvalue weighted by atomic mass is 10.1. The predicted octanol–water partition coefficient (Wildman–Crippen LogP) is 4.23. The lowest BCUT2D eigenvalue weighted by molar-refractivity contribution is 0.0696. The Kier molecular flexibility index (Phi) is 5.22. The van der Waals surface area contributed by atoms with E-state index in [0.29, 0.717) is 12.1 Å². The molecule has 144 valence electrons. The van der Waals surface area contributed by atoms with Crippen LogP contribution in [0.3, 0.4) is 0 Å². The molecule has 0 fully saturated rings. The van der Waals surface area contributed by atoms with Crippen LogP contribution in [0.15, 0.2) is 78.3 Å². The lowest BCUT2D eigenvalue weighted by Crippen LogP contribution is -2.22. The van der Waals surface area contributed by atoms with Crippen LogP contribution in [-0.2, 0) is 6.54 Å². The summed E-state index contributed by atoms with van der Waals surface area (Å²) in [6.07, 6.45) is 1.91. The summed E-state index contributed by atoms with van der Waals surface area (Å²) in [5, 5.41) is 18.6. The number of carboxylic acid groups (broad SMARTS) is 1. The van der Waals surface area contributed by atoms with Crippen LogP contribution in [-0.4, -0.2) is 26.8 Å². The summed E-state index contributed by atoms with van der Waals surface area (Å²) in [4.78, 5) is 24.5. The molecule has 0 bridgehead atoms. The first-order valence-corrected chi connectivity index (χ1v) is 9.79. The smallest absolute Gasteiger partial charge is 0.335 e. The second kappa shape index (κ2) is 8.12. The maximum Gasteiger partial charge on any atom is 0.335 e. The minimum atomic E-state index is -1.02. The Balaban J connectivity index is 1.56. The van der Waals surface area contributed by atoms with Crippen LogP contribution in [0.1, 0.15) is 26.3 Å². The maximum atomic E-state index is 12.5. The van der Waals surface area contributed by atoms with E-state index in [1.165, 1.54) is 24.3 Å². The molecule has 2 heterocycles. The van der Waals surface area contributed by atoms with Crippen molar-refractivity contribution in [2.75, 3.05) is 0 Å². The van der Waals surface area contributed by atoms with Gasteiger partial charge in [0.2, 0.25) is 0 Å². The van der Waals surface area contributed by atoms with Crippen molar-refractivity contribution >= 4 is 23.2 Å². The number of aromatic carboxylic acids is 1. The number of carbonyl (C=O) groups excluding carboxylic acids is 1. The number of rotatable bonds is 6. The number of aromatic nitrogens is 2. The Hall–Kier alpha value is -3.71. The summed E-state index contributed by atoms with van der Waals surface area (Å²) >= 11 is 1.59. The van der Waals surface area contributed by atoms with Crippen molar-refractivity contribution in [3.8, 4) is 16.3 Å². The zero-order valence-electron chi connectivity index (χ0n) is 15.3. The first-order valence-electron chi connectivity index (χ1n) is 8.91. The fraction of sp³-hybridized carbons (Fsp3) is 0.0455. The highest BCUT2D eigenvalue weighted by atomic mass is 32.1. The standard InChI is InChI=1S/C22H17N3O3S/c26-21(15-8-10-16(11-9-15)22(27)28)23-13-17-14-25(18-5-2-1-3-6-18)24-20(17)19-7-4-12-29-19/h1-12,14H,13H2,(H,23,26)(H,27,28). The molecule has 6 nitrogen and oxygen atoms in total. The molecule has 0 saturated heterocycles. The van der Waals surface area contributed by atoms with Crippen LogP contribution in [0.4, 0.5) is 0 Å². The Labute approximate surface area is 171 Å². The highest BCUT2D eigenvalue weighted by Crippen LogP contribution is 2.27. The van der Waals surface area contributed by atoms with E-state index >= 15 is 0 Å². The van der Waals surface area contributed by atoms with Gasteiger partial charge in [0, 0.05) is 23.9 Å². The van der Waals surface area contributed by atoms with Gasteiger partial charge in [-0.2, -0.15) is 5.10 Å². The van der Waals surface area contributed by atoms with Gasteiger partial charge >= 0.3 is 5.97 Å². The second-order valence-electron chi connectivity index (χ2n) is 6.33. The highest BCUT2D eigenvalue weighted by Gasteiger charge is 2.15. The number of hydrogen-bond acceptors (Lipinski definition) is 4. The Morgan fingerprint density at radius 1 is 0.966 bits per heavy atom. The minimum Gasteiger partial charge on any atom is -0.478 e. The van der Waals surface area contributed by atoms with Gasteiger partial charge in [0.1, 0.15) is 5.69 Å². The number of amides is 1. The quantitative estimate of drug-likeness (QED) is 0.505. The summed E-state index contributed by atoms with van der Waals surface area (Å²) in [6, 6.07) is 19.6. The van der Waals surface area contributed by atoms with E-state index in [0.717, 1.165) is 21.8 Å². The van der Waals surface area contributed by atoms with E-state index in [2.05, 4.69) is 5.32 Å². The molecule has 4 rings (SSSR count). The van der Waals surface area contributed by atoms with Crippen LogP contribution < -0.4 is 5.32 Å². The molecule has 0 aliphatic rings. The van der Waals surface area contributed by atoms with Gasteiger partial charge in [0.05, 0.1) is 16.1 Å². The van der Waals surface area contributed by atoms with Crippen LogP contribution in [0.25, 0.3) is 16.3 Å². The molecule has 0 atom stereocenters. The average Bonchev–Trinajstić information content (AvgIpc) is 3.42. The van der Waals surface area contributed by atoms with Gasteiger partial charge in [-0.3, -0.25) is 4.79 Å². The molecule has 2 aromatic carbocycles. The number of para-hydroxylation sites is 1. The third-order valence-corrected chi connectivity index (χ3v) is 5.28. The van der Waals surface area contributed by atoms with Crippen molar-refractivity contribution in [1.82, 2.24) is 15.1 Å². The Bertz CT molecular complexity index is 1130. The van der Waals surface area contributed by atoms with Crippen molar-refractivity contribution in [2.24, 2.45) is 0 Å². The molecule has 0 saturated carbocycles. The molecule has 0 aliphatic heterocycles.